The van der Waals surface area contributed by atoms with Gasteiger partial charge in [-0.2, -0.15) is 5.10 Å². The number of aromatic nitrogens is 2. The molecule has 1 heterocycles. The molecule has 1 unspecified atom stereocenters. The normalized spacial score (nSPS) is 12.7. The third-order valence-electron chi connectivity index (χ3n) is 3.76. The highest BCUT2D eigenvalue weighted by atomic mass is 19.1. The molecule has 4 heteroatoms. The Hall–Kier alpha value is -1.68. The number of hydrogen-bond donors (Lipinski definition) is 1. The zero-order valence-corrected chi connectivity index (χ0v) is 12.8. The molecule has 1 aromatic carbocycles. The van der Waals surface area contributed by atoms with Gasteiger partial charge in [0.1, 0.15) is 5.82 Å². The van der Waals surface area contributed by atoms with E-state index in [0.29, 0.717) is 5.56 Å². The maximum Gasteiger partial charge on any atom is 0.128 e. The molecule has 0 fully saturated rings. The fourth-order valence-corrected chi connectivity index (χ4v) is 2.66. The zero-order valence-electron chi connectivity index (χ0n) is 12.8. The molecule has 0 spiro atoms. The van der Waals surface area contributed by atoms with Crippen LogP contribution in [0.15, 0.2) is 18.3 Å². The lowest BCUT2D eigenvalue weighted by Crippen LogP contribution is -2.24. The van der Waals surface area contributed by atoms with Crippen LogP contribution in [-0.4, -0.2) is 16.3 Å². The maximum atomic E-state index is 14.4. The van der Waals surface area contributed by atoms with Gasteiger partial charge in [-0.25, -0.2) is 4.39 Å². The molecule has 2 rings (SSSR count). The first-order chi connectivity index (χ1) is 9.45. The number of benzene rings is 1. The van der Waals surface area contributed by atoms with Gasteiger partial charge < -0.3 is 5.32 Å². The minimum absolute atomic E-state index is 0.156. The molecule has 2 aromatic rings. The number of rotatable bonds is 4. The summed E-state index contributed by atoms with van der Waals surface area (Å²) in [4.78, 5) is 0. The van der Waals surface area contributed by atoms with E-state index in [1.165, 1.54) is 0 Å². The smallest absolute Gasteiger partial charge is 0.128 e. The van der Waals surface area contributed by atoms with Crippen LogP contribution in [0.3, 0.4) is 0 Å². The molecule has 1 N–H and O–H groups in total. The standard InChI is InChI=1S/C16H22FN3/c1-6-18-16(13-9-19-20(5)12(13)4)15-11(3)7-10(2)8-14(15)17/h7-9,16,18H,6H2,1-5H3. The average Bonchev–Trinajstić information content (AvgIpc) is 2.68. The van der Waals surface area contributed by atoms with E-state index < -0.39 is 0 Å². The van der Waals surface area contributed by atoms with E-state index >= 15 is 0 Å². The van der Waals surface area contributed by atoms with E-state index in [-0.39, 0.29) is 11.9 Å². The van der Waals surface area contributed by atoms with E-state index in [9.17, 15) is 4.39 Å². The van der Waals surface area contributed by atoms with Gasteiger partial charge in [-0.3, -0.25) is 4.68 Å². The molecular weight excluding hydrogens is 253 g/mol. The third kappa shape index (κ3) is 2.61. The molecule has 0 aliphatic carbocycles. The molecule has 0 aliphatic heterocycles. The lowest BCUT2D eigenvalue weighted by atomic mass is 9.93. The van der Waals surface area contributed by atoms with Crippen LogP contribution in [0, 0.1) is 26.6 Å². The summed E-state index contributed by atoms with van der Waals surface area (Å²) in [5.41, 5.74) is 4.71. The minimum Gasteiger partial charge on any atom is -0.306 e. The van der Waals surface area contributed by atoms with Crippen molar-refractivity contribution >= 4 is 0 Å². The van der Waals surface area contributed by atoms with Crippen LogP contribution in [0.1, 0.15) is 40.9 Å². The summed E-state index contributed by atoms with van der Waals surface area (Å²) in [5, 5.41) is 7.65. The summed E-state index contributed by atoms with van der Waals surface area (Å²) in [6.45, 7) is 8.68. The number of nitrogens with zero attached hydrogens (tertiary/aromatic N) is 2. The number of halogens is 1. The molecule has 0 radical (unpaired) electrons. The van der Waals surface area contributed by atoms with Crippen LogP contribution in [0.4, 0.5) is 4.39 Å². The predicted octanol–water partition coefficient (Wildman–Crippen LogP) is 3.18. The minimum atomic E-state index is -0.158. The molecule has 1 aromatic heterocycles. The molecule has 0 aliphatic rings. The number of hydrogen-bond acceptors (Lipinski definition) is 2. The van der Waals surface area contributed by atoms with Crippen molar-refractivity contribution in [2.75, 3.05) is 6.54 Å². The Bertz CT molecular complexity index is 593. The SMILES string of the molecule is CCNC(c1cnn(C)c1C)c1c(C)cc(C)cc1F. The van der Waals surface area contributed by atoms with Crippen molar-refractivity contribution in [3.8, 4) is 0 Å². The summed E-state index contributed by atoms with van der Waals surface area (Å²) in [5.74, 6) is -0.156. The van der Waals surface area contributed by atoms with E-state index in [4.69, 9.17) is 0 Å². The van der Waals surface area contributed by atoms with Gasteiger partial charge >= 0.3 is 0 Å². The fourth-order valence-electron chi connectivity index (χ4n) is 2.66. The Morgan fingerprint density at radius 2 is 2.00 bits per heavy atom. The van der Waals surface area contributed by atoms with Gasteiger partial charge in [0.15, 0.2) is 0 Å². The molecule has 3 nitrogen and oxygen atoms in total. The second-order valence-corrected chi connectivity index (χ2v) is 5.28. The van der Waals surface area contributed by atoms with Crippen molar-refractivity contribution in [2.45, 2.75) is 33.7 Å². The quantitative estimate of drug-likeness (QED) is 0.928. The summed E-state index contributed by atoms with van der Waals surface area (Å²) in [6.07, 6.45) is 1.82. The molecule has 20 heavy (non-hydrogen) atoms. The largest absolute Gasteiger partial charge is 0.306 e. The molecule has 0 amide bonds. The molecule has 0 bridgehead atoms. The Kier molecular flexibility index (Phi) is 4.23. The second-order valence-electron chi connectivity index (χ2n) is 5.28. The van der Waals surface area contributed by atoms with E-state index in [2.05, 4.69) is 10.4 Å². The molecule has 0 saturated carbocycles. The van der Waals surface area contributed by atoms with E-state index in [1.54, 1.807) is 6.07 Å². The zero-order chi connectivity index (χ0) is 14.9. The van der Waals surface area contributed by atoms with Crippen LogP contribution < -0.4 is 5.32 Å². The van der Waals surface area contributed by atoms with Gasteiger partial charge in [-0.05, 0) is 44.5 Å². The van der Waals surface area contributed by atoms with Crippen molar-refractivity contribution in [3.05, 3.63) is 52.1 Å². The van der Waals surface area contributed by atoms with Gasteiger partial charge in [0.25, 0.3) is 0 Å². The van der Waals surface area contributed by atoms with Crippen molar-refractivity contribution < 1.29 is 4.39 Å². The first kappa shape index (κ1) is 14.7. The Morgan fingerprint density at radius 3 is 2.50 bits per heavy atom. The van der Waals surface area contributed by atoms with E-state index in [0.717, 1.165) is 28.9 Å². The first-order valence-corrected chi connectivity index (χ1v) is 6.94. The summed E-state index contributed by atoms with van der Waals surface area (Å²) in [7, 11) is 1.90. The van der Waals surface area contributed by atoms with Gasteiger partial charge in [0, 0.05) is 23.9 Å². The van der Waals surface area contributed by atoms with Crippen LogP contribution >= 0.6 is 0 Å². The molecular formula is C16H22FN3. The summed E-state index contributed by atoms with van der Waals surface area (Å²) in [6, 6.07) is 3.46. The Labute approximate surface area is 119 Å². The lowest BCUT2D eigenvalue weighted by molar-refractivity contribution is 0.553. The monoisotopic (exact) mass is 275 g/mol. The summed E-state index contributed by atoms with van der Waals surface area (Å²) < 4.78 is 16.3. The second kappa shape index (κ2) is 5.75. The topological polar surface area (TPSA) is 29.9 Å². The molecule has 108 valence electrons. The van der Waals surface area contributed by atoms with Crippen LogP contribution in [0.25, 0.3) is 0 Å². The van der Waals surface area contributed by atoms with E-state index in [1.807, 2.05) is 51.7 Å². The molecule has 1 atom stereocenters. The van der Waals surface area contributed by atoms with Crippen LogP contribution in [0.2, 0.25) is 0 Å². The highest BCUT2D eigenvalue weighted by Crippen LogP contribution is 2.29. The van der Waals surface area contributed by atoms with Crippen molar-refractivity contribution in [1.82, 2.24) is 15.1 Å². The number of nitrogens with one attached hydrogen (secondary N) is 1. The highest BCUT2D eigenvalue weighted by Gasteiger charge is 2.23. The van der Waals surface area contributed by atoms with Gasteiger partial charge in [-0.1, -0.05) is 13.0 Å². The van der Waals surface area contributed by atoms with Crippen molar-refractivity contribution in [2.24, 2.45) is 7.05 Å². The number of aryl methyl sites for hydroxylation is 3. The van der Waals surface area contributed by atoms with Gasteiger partial charge in [-0.15, -0.1) is 0 Å². The van der Waals surface area contributed by atoms with Crippen molar-refractivity contribution in [3.63, 3.8) is 0 Å². The maximum absolute atomic E-state index is 14.4. The average molecular weight is 275 g/mol. The third-order valence-corrected chi connectivity index (χ3v) is 3.76. The van der Waals surface area contributed by atoms with Crippen molar-refractivity contribution in [1.29, 1.82) is 0 Å². The Balaban J connectivity index is 2.57. The Morgan fingerprint density at radius 1 is 1.30 bits per heavy atom. The predicted molar refractivity (Wildman–Crippen MR) is 79.3 cm³/mol. The lowest BCUT2D eigenvalue weighted by Gasteiger charge is -2.21. The van der Waals surface area contributed by atoms with Crippen LogP contribution in [-0.2, 0) is 7.05 Å². The molecule has 0 saturated heterocycles. The first-order valence-electron chi connectivity index (χ1n) is 6.94. The summed E-state index contributed by atoms with van der Waals surface area (Å²) >= 11 is 0. The highest BCUT2D eigenvalue weighted by molar-refractivity contribution is 5.40. The fraction of sp³-hybridized carbons (Fsp3) is 0.438. The van der Waals surface area contributed by atoms with Gasteiger partial charge in [0.05, 0.1) is 12.2 Å². The van der Waals surface area contributed by atoms with Gasteiger partial charge in [0.2, 0.25) is 0 Å². The van der Waals surface area contributed by atoms with Crippen LogP contribution in [0.5, 0.6) is 0 Å².